The average Bonchev–Trinajstić information content (AvgIpc) is 3.01. The summed E-state index contributed by atoms with van der Waals surface area (Å²) < 4.78 is 0. The number of rotatable bonds is 1. The monoisotopic (exact) mass is 258 g/mol. The number of benzene rings is 2. The fourth-order valence-corrected chi connectivity index (χ4v) is 3.18. The molecule has 96 valence electrons. The van der Waals surface area contributed by atoms with Gasteiger partial charge in [0.1, 0.15) is 0 Å². The van der Waals surface area contributed by atoms with E-state index in [2.05, 4.69) is 65.9 Å². The van der Waals surface area contributed by atoms with E-state index in [1.165, 1.54) is 22.2 Å². The van der Waals surface area contributed by atoms with Gasteiger partial charge in [-0.1, -0.05) is 60.7 Å². The topological polar surface area (TPSA) is 38.0 Å². The summed E-state index contributed by atoms with van der Waals surface area (Å²) in [6.45, 7) is -0.154. The molecule has 0 bridgehead atoms. The Labute approximate surface area is 119 Å². The van der Waals surface area contributed by atoms with Crippen molar-refractivity contribution in [2.45, 2.75) is 5.92 Å². The van der Waals surface area contributed by atoms with Crippen LogP contribution in [-0.4, -0.2) is 6.98 Å². The first-order chi connectivity index (χ1) is 9.84. The van der Waals surface area contributed by atoms with E-state index < -0.39 is 0 Å². The fourth-order valence-electron chi connectivity index (χ4n) is 3.18. The van der Waals surface area contributed by atoms with Crippen LogP contribution in [0, 0.1) is 0 Å². The summed E-state index contributed by atoms with van der Waals surface area (Å²) in [6.07, 6.45) is 8.62. The Hall–Kier alpha value is -2.26. The molecule has 2 aliphatic rings. The van der Waals surface area contributed by atoms with Crippen molar-refractivity contribution >= 4 is 18.1 Å². The van der Waals surface area contributed by atoms with Gasteiger partial charge in [-0.15, -0.1) is 0 Å². The Morgan fingerprint density at radius 3 is 2.50 bits per heavy atom. The van der Waals surface area contributed by atoms with Crippen molar-refractivity contribution in [2.24, 2.45) is 5.64 Å². The first-order valence-electron chi connectivity index (χ1n) is 6.94. The zero-order valence-corrected chi connectivity index (χ0v) is 11.1. The van der Waals surface area contributed by atoms with Crippen molar-refractivity contribution in [3.8, 4) is 11.1 Å². The van der Waals surface area contributed by atoms with Crippen LogP contribution in [-0.2, 0) is 0 Å². The van der Waals surface area contributed by atoms with E-state index in [0.717, 1.165) is 5.69 Å². The molecule has 2 aromatic rings. The second-order valence-corrected chi connectivity index (χ2v) is 5.27. The molecular weight excluding hydrogens is 243 g/mol. The highest BCUT2D eigenvalue weighted by molar-refractivity contribution is 6.76. The lowest BCUT2D eigenvalue weighted by atomic mass is 9.60. The highest BCUT2D eigenvalue weighted by Crippen LogP contribution is 2.33. The molecule has 1 heterocycles. The third kappa shape index (κ3) is 1.64. The van der Waals surface area contributed by atoms with Gasteiger partial charge in [-0.2, -0.15) is 0 Å². The highest BCUT2D eigenvalue weighted by Gasteiger charge is 2.29. The van der Waals surface area contributed by atoms with Crippen LogP contribution in [0.1, 0.15) is 11.5 Å². The van der Waals surface area contributed by atoms with Crippen LogP contribution in [0.2, 0.25) is 0 Å². The molecule has 0 saturated heterocycles. The van der Waals surface area contributed by atoms with Crippen molar-refractivity contribution in [2.75, 3.05) is 5.23 Å². The quantitative estimate of drug-likeness (QED) is 0.772. The van der Waals surface area contributed by atoms with Gasteiger partial charge in [0, 0.05) is 17.2 Å². The largest absolute Gasteiger partial charge is 0.410 e. The van der Waals surface area contributed by atoms with Gasteiger partial charge in [0.05, 0.1) is 0 Å². The van der Waals surface area contributed by atoms with Crippen LogP contribution < -0.4 is 16.3 Å². The molecule has 0 atom stereocenters. The molecule has 3 N–H and O–H groups in total. The number of hydrogen-bond donors (Lipinski definition) is 2. The van der Waals surface area contributed by atoms with E-state index in [0.29, 0.717) is 5.92 Å². The summed E-state index contributed by atoms with van der Waals surface area (Å²) in [7, 11) is 0. The van der Waals surface area contributed by atoms with Crippen molar-refractivity contribution in [3.05, 3.63) is 72.3 Å². The second kappa shape index (κ2) is 4.39. The molecule has 4 rings (SSSR count). The minimum absolute atomic E-state index is 0.154. The smallest absolute Gasteiger partial charge is 0.371 e. The molecule has 0 unspecified atom stereocenters. The van der Waals surface area contributed by atoms with Gasteiger partial charge >= 0.3 is 6.98 Å². The van der Waals surface area contributed by atoms with Crippen molar-refractivity contribution in [3.63, 3.8) is 0 Å². The van der Waals surface area contributed by atoms with Crippen LogP contribution in [0.5, 0.6) is 0 Å². The number of allylic oxidation sites excluding steroid dienone is 4. The maximum atomic E-state index is 6.37. The minimum atomic E-state index is -0.154. The van der Waals surface area contributed by atoms with Crippen LogP contribution in [0.4, 0.5) is 5.69 Å². The molecule has 3 heteroatoms. The number of nitrogens with one attached hydrogen (secondary N) is 1. The summed E-state index contributed by atoms with van der Waals surface area (Å²) in [5, 5.41) is 3.41. The molecule has 0 aromatic heterocycles. The fraction of sp³-hybridized carbons (Fsp3) is 0.0588. The lowest BCUT2D eigenvalue weighted by molar-refractivity contribution is 1.12. The van der Waals surface area contributed by atoms with E-state index in [1.54, 1.807) is 0 Å². The first kappa shape index (κ1) is 11.6. The van der Waals surface area contributed by atoms with E-state index >= 15 is 0 Å². The molecule has 0 saturated carbocycles. The summed E-state index contributed by atoms with van der Waals surface area (Å²) in [4.78, 5) is 0. The summed E-state index contributed by atoms with van der Waals surface area (Å²) in [6, 6.07) is 14.8. The zero-order valence-electron chi connectivity index (χ0n) is 11.1. The first-order valence-corrected chi connectivity index (χ1v) is 6.94. The molecule has 0 amide bonds. The van der Waals surface area contributed by atoms with Gasteiger partial charge < -0.3 is 10.9 Å². The molecule has 2 aromatic carbocycles. The van der Waals surface area contributed by atoms with Crippen molar-refractivity contribution < 1.29 is 0 Å². The maximum Gasteiger partial charge on any atom is 0.371 e. The number of nitrogens with two attached hydrogens (primary N) is 1. The van der Waals surface area contributed by atoms with E-state index in [4.69, 9.17) is 5.64 Å². The van der Waals surface area contributed by atoms with Crippen LogP contribution in [0.3, 0.4) is 0 Å². The third-order valence-corrected chi connectivity index (χ3v) is 4.09. The Kier molecular flexibility index (Phi) is 2.54. The van der Waals surface area contributed by atoms with Gasteiger partial charge in [0.15, 0.2) is 0 Å². The lowest BCUT2D eigenvalue weighted by Crippen LogP contribution is -2.52. The Bertz CT molecular complexity index is 722. The van der Waals surface area contributed by atoms with Gasteiger partial charge in [-0.05, 0) is 22.7 Å². The lowest BCUT2D eigenvalue weighted by Gasteiger charge is -2.28. The van der Waals surface area contributed by atoms with Crippen LogP contribution in [0.25, 0.3) is 11.1 Å². The number of hydrogen-bond acceptors (Lipinski definition) is 2. The SMILES string of the molecule is NB1Nc2ccccc2-c2cccc(C3C=CC=C3)c21. The predicted octanol–water partition coefficient (Wildman–Crippen LogP) is 2.64. The molecule has 2 nitrogen and oxygen atoms in total. The average molecular weight is 258 g/mol. The summed E-state index contributed by atoms with van der Waals surface area (Å²) >= 11 is 0. The molecule has 0 fully saturated rings. The van der Waals surface area contributed by atoms with Gasteiger partial charge in [0.2, 0.25) is 0 Å². The van der Waals surface area contributed by atoms with Gasteiger partial charge in [-0.3, -0.25) is 0 Å². The highest BCUT2D eigenvalue weighted by atomic mass is 14.9. The molecule has 1 aliphatic carbocycles. The Morgan fingerprint density at radius 2 is 1.65 bits per heavy atom. The Morgan fingerprint density at radius 1 is 0.900 bits per heavy atom. The van der Waals surface area contributed by atoms with E-state index in [-0.39, 0.29) is 6.98 Å². The molecule has 1 aliphatic heterocycles. The predicted molar refractivity (Wildman–Crippen MR) is 86.1 cm³/mol. The van der Waals surface area contributed by atoms with Crippen LogP contribution in [0.15, 0.2) is 66.8 Å². The van der Waals surface area contributed by atoms with E-state index in [1.807, 2.05) is 6.07 Å². The van der Waals surface area contributed by atoms with Crippen LogP contribution >= 0.6 is 0 Å². The second-order valence-electron chi connectivity index (χ2n) is 5.27. The van der Waals surface area contributed by atoms with Crippen molar-refractivity contribution in [1.82, 2.24) is 0 Å². The van der Waals surface area contributed by atoms with Crippen molar-refractivity contribution in [1.29, 1.82) is 0 Å². The standard InChI is InChI=1S/C17H15BN2/c19-18-17-13(12-6-1-2-7-12)9-5-10-15(17)14-8-3-4-11-16(14)20-18/h1-12,20H,19H2. The summed E-state index contributed by atoms with van der Waals surface area (Å²) in [5.41, 5.74) is 12.5. The normalized spacial score (nSPS) is 15.9. The number of para-hydroxylation sites is 1. The van der Waals surface area contributed by atoms with E-state index in [9.17, 15) is 0 Å². The maximum absolute atomic E-state index is 6.37. The molecule has 0 radical (unpaired) electrons. The molecular formula is C17H15BN2. The molecule has 0 spiro atoms. The number of fused-ring (bicyclic) bond motifs is 3. The zero-order chi connectivity index (χ0) is 13.5. The van der Waals surface area contributed by atoms with Gasteiger partial charge in [0.25, 0.3) is 0 Å². The third-order valence-electron chi connectivity index (χ3n) is 4.09. The van der Waals surface area contributed by atoms with Gasteiger partial charge in [-0.25, -0.2) is 0 Å². The Balaban J connectivity index is 1.96. The minimum Gasteiger partial charge on any atom is -0.410 e. The number of anilines is 1. The summed E-state index contributed by atoms with van der Waals surface area (Å²) in [5.74, 6) is 0.336. The molecule has 20 heavy (non-hydrogen) atoms.